The molecule has 0 radical (unpaired) electrons. The average molecular weight is 342 g/mol. The molecule has 0 bridgehead atoms. The van der Waals surface area contributed by atoms with Crippen LogP contribution in [0.2, 0.25) is 0 Å². The summed E-state index contributed by atoms with van der Waals surface area (Å²) in [6.07, 6.45) is -3.33. The zero-order valence-corrected chi connectivity index (χ0v) is 12.4. The quantitative estimate of drug-likeness (QED) is 0.863. The molecule has 2 rings (SSSR count). The molecule has 7 nitrogen and oxygen atoms in total. The Morgan fingerprint density at radius 1 is 1.38 bits per heavy atom. The number of benzene rings is 1. The fraction of sp³-hybridized carbons (Fsp3) is 0.286. The van der Waals surface area contributed by atoms with Crippen molar-refractivity contribution in [3.63, 3.8) is 0 Å². The molecule has 0 saturated carbocycles. The van der Waals surface area contributed by atoms with E-state index in [2.05, 4.69) is 15.6 Å². The summed E-state index contributed by atoms with van der Waals surface area (Å²) in [6, 6.07) is 4.40. The highest BCUT2D eigenvalue weighted by molar-refractivity contribution is 5.92. The van der Waals surface area contributed by atoms with Crippen LogP contribution in [-0.4, -0.2) is 38.5 Å². The summed E-state index contributed by atoms with van der Waals surface area (Å²) in [5.41, 5.74) is -0.892. The number of carboxylic acid groups (broad SMARTS) is 1. The van der Waals surface area contributed by atoms with Gasteiger partial charge in [0.15, 0.2) is 5.69 Å². The van der Waals surface area contributed by atoms with Gasteiger partial charge in [-0.3, -0.25) is 9.59 Å². The normalized spacial score (nSPS) is 12.7. The van der Waals surface area contributed by atoms with Crippen LogP contribution in [0.4, 0.5) is 13.2 Å². The number of aliphatic carboxylic acids is 1. The Bertz CT molecular complexity index is 758. The van der Waals surface area contributed by atoms with Crippen LogP contribution >= 0.6 is 0 Å². The number of hydrogen-bond acceptors (Lipinski definition) is 4. The second-order valence-electron chi connectivity index (χ2n) is 5.05. The number of carboxylic acids is 1. The first kappa shape index (κ1) is 17.4. The first-order valence-corrected chi connectivity index (χ1v) is 6.79. The standard InChI is InChI=1S/C14H13F3N4O3/c1-8(13(23)24)6-18-12(22)11-7-21(20-19-11)10-4-2-3-9(5-10)14(15,16)17/h2-5,7-8H,6H2,1H3,(H,18,22)(H,23,24). The number of carbonyl (C=O) groups excluding carboxylic acids is 1. The summed E-state index contributed by atoms with van der Waals surface area (Å²) in [5.74, 6) is -2.52. The minimum absolute atomic E-state index is 0.0929. The summed E-state index contributed by atoms with van der Waals surface area (Å²) in [6.45, 7) is 1.31. The van der Waals surface area contributed by atoms with Crippen LogP contribution in [0, 0.1) is 5.92 Å². The maximum absolute atomic E-state index is 12.7. The van der Waals surface area contributed by atoms with Gasteiger partial charge in [-0.2, -0.15) is 13.2 Å². The first-order valence-electron chi connectivity index (χ1n) is 6.79. The third-order valence-electron chi connectivity index (χ3n) is 3.15. The molecule has 0 aliphatic carbocycles. The van der Waals surface area contributed by atoms with E-state index in [1.54, 1.807) is 0 Å². The number of halogens is 3. The zero-order valence-electron chi connectivity index (χ0n) is 12.4. The lowest BCUT2D eigenvalue weighted by atomic mass is 10.2. The van der Waals surface area contributed by atoms with Gasteiger partial charge in [0.25, 0.3) is 5.91 Å². The van der Waals surface area contributed by atoms with Crippen molar-refractivity contribution in [3.8, 4) is 5.69 Å². The lowest BCUT2D eigenvalue weighted by molar-refractivity contribution is -0.141. The van der Waals surface area contributed by atoms with Crippen LogP contribution in [-0.2, 0) is 11.0 Å². The third kappa shape index (κ3) is 4.09. The largest absolute Gasteiger partial charge is 0.481 e. The van der Waals surface area contributed by atoms with Gasteiger partial charge in [-0.05, 0) is 18.2 Å². The Kier molecular flexibility index (Phi) is 4.86. The molecule has 10 heteroatoms. The minimum Gasteiger partial charge on any atom is -0.481 e. The van der Waals surface area contributed by atoms with E-state index in [0.717, 1.165) is 23.0 Å². The van der Waals surface area contributed by atoms with E-state index in [9.17, 15) is 22.8 Å². The van der Waals surface area contributed by atoms with Crippen LogP contribution < -0.4 is 5.32 Å². The molecule has 0 aliphatic rings. The summed E-state index contributed by atoms with van der Waals surface area (Å²) in [7, 11) is 0. The van der Waals surface area contributed by atoms with Gasteiger partial charge >= 0.3 is 12.1 Å². The van der Waals surface area contributed by atoms with Crippen molar-refractivity contribution in [1.29, 1.82) is 0 Å². The van der Waals surface area contributed by atoms with Crippen molar-refractivity contribution in [1.82, 2.24) is 20.3 Å². The van der Waals surface area contributed by atoms with Crippen molar-refractivity contribution in [2.45, 2.75) is 13.1 Å². The van der Waals surface area contributed by atoms with Crippen molar-refractivity contribution in [2.75, 3.05) is 6.54 Å². The van der Waals surface area contributed by atoms with Crippen LogP contribution in [0.15, 0.2) is 30.5 Å². The molecule has 1 unspecified atom stereocenters. The highest BCUT2D eigenvalue weighted by Gasteiger charge is 2.30. The van der Waals surface area contributed by atoms with Crippen LogP contribution in [0.1, 0.15) is 23.0 Å². The number of rotatable bonds is 5. The highest BCUT2D eigenvalue weighted by atomic mass is 19.4. The number of nitrogens with zero attached hydrogens (tertiary/aromatic N) is 3. The van der Waals surface area contributed by atoms with Crippen LogP contribution in [0.5, 0.6) is 0 Å². The molecular formula is C14H13F3N4O3. The van der Waals surface area contributed by atoms with E-state index < -0.39 is 29.5 Å². The summed E-state index contributed by atoms with van der Waals surface area (Å²) in [5, 5.41) is 18.3. The van der Waals surface area contributed by atoms with Crippen LogP contribution in [0.25, 0.3) is 5.69 Å². The smallest absolute Gasteiger partial charge is 0.416 e. The monoisotopic (exact) mass is 342 g/mol. The van der Waals surface area contributed by atoms with Crippen molar-refractivity contribution in [2.24, 2.45) is 5.92 Å². The Morgan fingerprint density at radius 3 is 2.71 bits per heavy atom. The molecule has 1 aromatic carbocycles. The summed E-state index contributed by atoms with van der Waals surface area (Å²) in [4.78, 5) is 22.5. The van der Waals surface area contributed by atoms with Gasteiger partial charge < -0.3 is 10.4 Å². The Balaban J connectivity index is 2.13. The lowest BCUT2D eigenvalue weighted by Crippen LogP contribution is -2.31. The van der Waals surface area contributed by atoms with Gasteiger partial charge in [0.1, 0.15) is 0 Å². The molecule has 1 atom stereocenters. The Labute approximate surface area is 134 Å². The average Bonchev–Trinajstić information content (AvgIpc) is 3.01. The van der Waals surface area contributed by atoms with E-state index in [1.807, 2.05) is 0 Å². The third-order valence-corrected chi connectivity index (χ3v) is 3.15. The number of carbonyl (C=O) groups is 2. The number of aromatic nitrogens is 3. The predicted molar refractivity (Wildman–Crippen MR) is 75.5 cm³/mol. The predicted octanol–water partition coefficient (Wildman–Crippen LogP) is 1.74. The number of amides is 1. The summed E-state index contributed by atoms with van der Waals surface area (Å²) >= 11 is 0. The molecule has 2 aromatic rings. The van der Waals surface area contributed by atoms with Gasteiger partial charge in [-0.25, -0.2) is 4.68 Å². The van der Waals surface area contributed by atoms with Crippen molar-refractivity contribution in [3.05, 3.63) is 41.7 Å². The SMILES string of the molecule is CC(CNC(=O)c1cn(-c2cccc(C(F)(F)F)c2)nn1)C(=O)O. The zero-order chi connectivity index (χ0) is 17.9. The van der Waals surface area contributed by atoms with Gasteiger partial charge in [0.2, 0.25) is 0 Å². The second-order valence-corrected chi connectivity index (χ2v) is 5.05. The molecule has 24 heavy (non-hydrogen) atoms. The Hall–Kier alpha value is -2.91. The lowest BCUT2D eigenvalue weighted by Gasteiger charge is -2.08. The first-order chi connectivity index (χ1) is 11.2. The number of nitrogens with one attached hydrogen (secondary N) is 1. The van der Waals surface area contributed by atoms with Gasteiger partial charge in [0.05, 0.1) is 23.4 Å². The molecule has 1 amide bonds. The molecule has 0 aliphatic heterocycles. The fourth-order valence-corrected chi connectivity index (χ4v) is 1.74. The molecule has 1 aromatic heterocycles. The fourth-order valence-electron chi connectivity index (χ4n) is 1.74. The van der Waals surface area contributed by atoms with Gasteiger partial charge in [-0.1, -0.05) is 18.2 Å². The number of alkyl halides is 3. The maximum atomic E-state index is 12.7. The second kappa shape index (κ2) is 6.69. The molecule has 128 valence electrons. The summed E-state index contributed by atoms with van der Waals surface area (Å²) < 4.78 is 39.1. The van der Waals surface area contributed by atoms with E-state index in [-0.39, 0.29) is 17.9 Å². The van der Waals surface area contributed by atoms with E-state index in [1.165, 1.54) is 19.1 Å². The molecule has 0 fully saturated rings. The molecule has 1 heterocycles. The van der Waals surface area contributed by atoms with Crippen LogP contribution in [0.3, 0.4) is 0 Å². The van der Waals surface area contributed by atoms with Crippen molar-refractivity contribution < 1.29 is 27.9 Å². The number of hydrogen-bond donors (Lipinski definition) is 2. The van der Waals surface area contributed by atoms with E-state index in [0.29, 0.717) is 0 Å². The minimum atomic E-state index is -4.50. The molecular weight excluding hydrogens is 329 g/mol. The van der Waals surface area contributed by atoms with Gasteiger partial charge in [-0.15, -0.1) is 5.10 Å². The molecule has 2 N–H and O–H groups in total. The Morgan fingerprint density at radius 2 is 2.08 bits per heavy atom. The topological polar surface area (TPSA) is 97.1 Å². The van der Waals surface area contributed by atoms with Gasteiger partial charge in [0, 0.05) is 6.54 Å². The molecule has 0 saturated heterocycles. The van der Waals surface area contributed by atoms with E-state index in [4.69, 9.17) is 5.11 Å². The highest BCUT2D eigenvalue weighted by Crippen LogP contribution is 2.30. The maximum Gasteiger partial charge on any atom is 0.416 e. The molecule has 0 spiro atoms. The van der Waals surface area contributed by atoms with Crippen molar-refractivity contribution >= 4 is 11.9 Å². The van der Waals surface area contributed by atoms with E-state index >= 15 is 0 Å².